The number of hydrogen-bond donors (Lipinski definition) is 1. The minimum atomic E-state index is -4.74. The molecule has 1 aromatic heterocycles. The number of aromatic nitrogens is 3. The molecule has 0 spiro atoms. The average Bonchev–Trinajstić information content (AvgIpc) is 3.33. The van der Waals surface area contributed by atoms with Crippen molar-refractivity contribution in [1.29, 1.82) is 0 Å². The van der Waals surface area contributed by atoms with Crippen molar-refractivity contribution in [2.45, 2.75) is 87.7 Å². The molecule has 1 aromatic carbocycles. The highest BCUT2D eigenvalue weighted by atomic mass is 32.2. The number of sulfonamides is 1. The second kappa shape index (κ2) is 8.61. The first-order chi connectivity index (χ1) is 15.7. The fourth-order valence-corrected chi connectivity index (χ4v) is 5.65. The van der Waals surface area contributed by atoms with Crippen LogP contribution >= 0.6 is 0 Å². The van der Waals surface area contributed by atoms with E-state index in [1.165, 1.54) is 6.07 Å². The Bertz CT molecular complexity index is 1120. The van der Waals surface area contributed by atoms with Crippen molar-refractivity contribution in [3.8, 4) is 0 Å². The fourth-order valence-electron chi connectivity index (χ4n) is 4.28. The Kier molecular flexibility index (Phi) is 6.37. The molecule has 1 saturated heterocycles. The fraction of sp³-hybridized carbons (Fsp3) is 0.619. The third kappa shape index (κ3) is 5.02. The van der Waals surface area contributed by atoms with Crippen LogP contribution in [0.25, 0.3) is 0 Å². The van der Waals surface area contributed by atoms with E-state index >= 15 is 0 Å². The van der Waals surface area contributed by atoms with Crippen LogP contribution in [0.1, 0.15) is 65.0 Å². The third-order valence-corrected chi connectivity index (χ3v) is 8.42. The summed E-state index contributed by atoms with van der Waals surface area (Å²) >= 11 is 0. The third-order valence-electron chi connectivity index (χ3n) is 6.92. The summed E-state index contributed by atoms with van der Waals surface area (Å²) in [6.45, 7) is 7.09. The summed E-state index contributed by atoms with van der Waals surface area (Å²) in [6.07, 6.45) is 1.08. The van der Waals surface area contributed by atoms with Gasteiger partial charge in [-0.2, -0.15) is 13.2 Å². The molecule has 2 aromatic rings. The van der Waals surface area contributed by atoms with Crippen LogP contribution < -0.4 is 10.2 Å². The minimum absolute atomic E-state index is 0.000129. The summed E-state index contributed by atoms with van der Waals surface area (Å²) in [4.78, 5) is -0.474. The maximum atomic E-state index is 13.7. The molecule has 2 fully saturated rings. The minimum Gasteiger partial charge on any atom is -0.399 e. The van der Waals surface area contributed by atoms with Crippen molar-refractivity contribution in [3.05, 3.63) is 36.4 Å². The maximum Gasteiger partial charge on any atom is 0.494 e. The number of rotatable bonds is 5. The lowest BCUT2D eigenvalue weighted by Gasteiger charge is -2.32. The summed E-state index contributed by atoms with van der Waals surface area (Å²) in [5.41, 5.74) is -2.66. The zero-order chi connectivity index (χ0) is 24.9. The second-order valence-corrected chi connectivity index (χ2v) is 11.6. The number of benzene rings is 1. The number of hydrogen-bond acceptors (Lipinski definition) is 6. The molecule has 1 saturated carbocycles. The van der Waals surface area contributed by atoms with Crippen molar-refractivity contribution in [3.63, 3.8) is 0 Å². The Hall–Kier alpha value is -1.96. The smallest absolute Gasteiger partial charge is 0.399 e. The van der Waals surface area contributed by atoms with Gasteiger partial charge in [-0.05, 0) is 71.0 Å². The monoisotopic (exact) mass is 500 g/mol. The van der Waals surface area contributed by atoms with Crippen LogP contribution in [0.2, 0.25) is 0 Å². The van der Waals surface area contributed by atoms with Crippen molar-refractivity contribution in [1.82, 2.24) is 19.5 Å². The standard InChI is InChI=1S/C21H28BF3N4O4S/c1-19(2)20(3,4)33-22(32-19)15-8-14(21(23,24)25)9-18(10-15)34(30,31)28-16-6-5-7-17(11-16)29-12-26-27-13-29/h8-10,12-13,16-17,28H,5-7,11H2,1-4H3. The van der Waals surface area contributed by atoms with Gasteiger partial charge in [0.2, 0.25) is 10.0 Å². The van der Waals surface area contributed by atoms with Crippen molar-refractivity contribution >= 4 is 22.6 Å². The highest BCUT2D eigenvalue weighted by Gasteiger charge is 2.52. The molecule has 1 N–H and O–H groups in total. The van der Waals surface area contributed by atoms with Gasteiger partial charge in [-0.15, -0.1) is 10.2 Å². The molecule has 13 heteroatoms. The molecule has 2 aliphatic rings. The first-order valence-corrected chi connectivity index (χ1v) is 12.6. The van der Waals surface area contributed by atoms with Gasteiger partial charge >= 0.3 is 13.3 Å². The van der Waals surface area contributed by atoms with Gasteiger partial charge in [0.05, 0.1) is 21.7 Å². The zero-order valence-electron chi connectivity index (χ0n) is 19.5. The zero-order valence-corrected chi connectivity index (χ0v) is 20.3. The summed E-state index contributed by atoms with van der Waals surface area (Å²) in [5.74, 6) is 0. The number of nitrogens with zero attached hydrogens (tertiary/aromatic N) is 3. The quantitative estimate of drug-likeness (QED) is 0.635. The van der Waals surface area contributed by atoms with Gasteiger partial charge in [-0.25, -0.2) is 13.1 Å². The van der Waals surface area contributed by atoms with Crippen LogP contribution in [-0.2, 0) is 25.5 Å². The number of alkyl halides is 3. The molecule has 0 bridgehead atoms. The van der Waals surface area contributed by atoms with E-state index in [9.17, 15) is 21.6 Å². The van der Waals surface area contributed by atoms with E-state index in [0.717, 1.165) is 18.9 Å². The van der Waals surface area contributed by atoms with Gasteiger partial charge in [-0.3, -0.25) is 0 Å². The molecule has 0 radical (unpaired) electrons. The first kappa shape index (κ1) is 25.1. The van der Waals surface area contributed by atoms with Crippen LogP contribution in [0.5, 0.6) is 0 Å². The maximum absolute atomic E-state index is 13.7. The van der Waals surface area contributed by atoms with E-state index < -0.39 is 51.0 Å². The number of nitrogens with one attached hydrogen (secondary N) is 1. The highest BCUT2D eigenvalue weighted by molar-refractivity contribution is 7.89. The van der Waals surface area contributed by atoms with Crippen LogP contribution in [0.3, 0.4) is 0 Å². The Morgan fingerprint density at radius 2 is 1.68 bits per heavy atom. The summed E-state index contributed by atoms with van der Waals surface area (Å²) < 4.78 is 83.6. The van der Waals surface area contributed by atoms with Crippen molar-refractivity contribution < 1.29 is 30.9 Å². The van der Waals surface area contributed by atoms with E-state index in [0.29, 0.717) is 18.9 Å². The van der Waals surface area contributed by atoms with Gasteiger partial charge in [0.25, 0.3) is 0 Å². The lowest BCUT2D eigenvalue weighted by atomic mass is 9.78. The molecule has 2 atom stereocenters. The molecule has 2 heterocycles. The predicted molar refractivity (Wildman–Crippen MR) is 119 cm³/mol. The molecular formula is C21H28BF3N4O4S. The largest absolute Gasteiger partial charge is 0.494 e. The van der Waals surface area contributed by atoms with Gasteiger partial charge < -0.3 is 13.9 Å². The van der Waals surface area contributed by atoms with Gasteiger partial charge in [0.1, 0.15) is 12.7 Å². The van der Waals surface area contributed by atoms with E-state index in [1.54, 1.807) is 40.3 Å². The highest BCUT2D eigenvalue weighted by Crippen LogP contribution is 2.38. The molecular weight excluding hydrogens is 472 g/mol. The Balaban J connectivity index is 1.63. The summed E-state index contributed by atoms with van der Waals surface area (Å²) in [5, 5.41) is 7.58. The second-order valence-electron chi connectivity index (χ2n) is 9.92. The van der Waals surface area contributed by atoms with Crippen molar-refractivity contribution in [2.24, 2.45) is 0 Å². The normalized spacial score (nSPS) is 25.0. The van der Waals surface area contributed by atoms with E-state index in [4.69, 9.17) is 9.31 Å². The molecule has 34 heavy (non-hydrogen) atoms. The SMILES string of the molecule is CC1(C)OB(c2cc(C(F)(F)F)cc(S(=O)(=O)NC3CCCC(n4cnnc4)C3)c2)OC1(C)C. The van der Waals surface area contributed by atoms with Crippen LogP contribution in [-0.4, -0.2) is 47.5 Å². The Morgan fingerprint density at radius 3 is 2.26 bits per heavy atom. The van der Waals surface area contributed by atoms with Crippen molar-refractivity contribution in [2.75, 3.05) is 0 Å². The Labute approximate surface area is 197 Å². The first-order valence-electron chi connectivity index (χ1n) is 11.1. The topological polar surface area (TPSA) is 95.3 Å². The van der Waals surface area contributed by atoms with Gasteiger partial charge in [-0.1, -0.05) is 6.07 Å². The van der Waals surface area contributed by atoms with Gasteiger partial charge in [0.15, 0.2) is 0 Å². The van der Waals surface area contributed by atoms with E-state index in [1.807, 2.05) is 4.57 Å². The van der Waals surface area contributed by atoms with Crippen LogP contribution in [0.15, 0.2) is 35.7 Å². The lowest BCUT2D eigenvalue weighted by molar-refractivity contribution is -0.137. The Morgan fingerprint density at radius 1 is 1.06 bits per heavy atom. The molecule has 186 valence electrons. The lowest BCUT2D eigenvalue weighted by Crippen LogP contribution is -2.41. The molecule has 1 aliphatic heterocycles. The number of halogens is 3. The van der Waals surface area contributed by atoms with E-state index in [2.05, 4.69) is 14.9 Å². The molecule has 0 amide bonds. The molecule has 4 rings (SSSR count). The molecule has 8 nitrogen and oxygen atoms in total. The van der Waals surface area contributed by atoms with Gasteiger partial charge in [0, 0.05) is 12.1 Å². The van der Waals surface area contributed by atoms with E-state index in [-0.39, 0.29) is 11.5 Å². The molecule has 2 unspecified atom stereocenters. The average molecular weight is 500 g/mol. The van der Waals surface area contributed by atoms with Crippen LogP contribution in [0.4, 0.5) is 13.2 Å². The molecule has 1 aliphatic carbocycles. The van der Waals surface area contributed by atoms with Crippen LogP contribution in [0, 0.1) is 0 Å². The summed E-state index contributed by atoms with van der Waals surface area (Å²) in [7, 11) is -5.38. The predicted octanol–water partition coefficient (Wildman–Crippen LogP) is 3.06. The summed E-state index contributed by atoms with van der Waals surface area (Å²) in [6, 6.07) is 2.31.